The van der Waals surface area contributed by atoms with Crippen molar-refractivity contribution in [3.63, 3.8) is 0 Å². The Morgan fingerprint density at radius 3 is 2.61 bits per heavy atom. The van der Waals surface area contributed by atoms with Crippen molar-refractivity contribution in [3.05, 3.63) is 29.8 Å². The van der Waals surface area contributed by atoms with E-state index in [9.17, 15) is 0 Å². The molecule has 1 fully saturated rings. The van der Waals surface area contributed by atoms with Gasteiger partial charge in [-0.05, 0) is 44.5 Å². The monoisotopic (exact) mass is 248 g/mol. The summed E-state index contributed by atoms with van der Waals surface area (Å²) in [5, 5.41) is 3.54. The lowest BCUT2D eigenvalue weighted by Crippen LogP contribution is -2.30. The molecule has 0 amide bonds. The molecule has 3 nitrogen and oxygen atoms in total. The molecule has 1 aromatic rings. The fourth-order valence-corrected chi connectivity index (χ4v) is 2.00. The molecule has 1 aliphatic carbocycles. The van der Waals surface area contributed by atoms with Crippen molar-refractivity contribution in [3.8, 4) is 5.75 Å². The Bertz CT molecular complexity index is 346. The van der Waals surface area contributed by atoms with Crippen molar-refractivity contribution in [1.29, 1.82) is 0 Å². The summed E-state index contributed by atoms with van der Waals surface area (Å²) in [6.45, 7) is 5.93. The molecule has 0 bridgehead atoms. The van der Waals surface area contributed by atoms with E-state index in [-0.39, 0.29) is 0 Å². The van der Waals surface area contributed by atoms with Crippen LogP contribution in [-0.2, 0) is 6.54 Å². The third-order valence-electron chi connectivity index (χ3n) is 3.19. The van der Waals surface area contributed by atoms with Crippen LogP contribution in [0.3, 0.4) is 0 Å². The van der Waals surface area contributed by atoms with Crippen molar-refractivity contribution >= 4 is 0 Å². The van der Waals surface area contributed by atoms with Gasteiger partial charge in [0.05, 0.1) is 6.61 Å². The van der Waals surface area contributed by atoms with E-state index in [2.05, 4.69) is 41.5 Å². The Kier molecular flexibility index (Phi) is 5.02. The number of likely N-dealkylation sites (N-methyl/N-ethyl adjacent to an activating group) is 1. The minimum absolute atomic E-state index is 0.728. The van der Waals surface area contributed by atoms with Crippen LogP contribution in [0.25, 0.3) is 0 Å². The SMILES string of the molecule is CCOc1ccc(CN(C)CCNC2CC2)cc1. The van der Waals surface area contributed by atoms with Crippen LogP contribution >= 0.6 is 0 Å². The second kappa shape index (κ2) is 6.76. The predicted molar refractivity (Wildman–Crippen MR) is 75.0 cm³/mol. The average Bonchev–Trinajstić information content (AvgIpc) is 3.16. The van der Waals surface area contributed by atoms with Crippen molar-refractivity contribution < 1.29 is 4.74 Å². The van der Waals surface area contributed by atoms with Crippen LogP contribution in [0.5, 0.6) is 5.75 Å². The number of hydrogen-bond acceptors (Lipinski definition) is 3. The van der Waals surface area contributed by atoms with Gasteiger partial charge in [0.2, 0.25) is 0 Å². The summed E-state index contributed by atoms with van der Waals surface area (Å²) in [4.78, 5) is 2.35. The molecule has 3 heteroatoms. The van der Waals surface area contributed by atoms with E-state index in [0.29, 0.717) is 0 Å². The molecule has 0 aliphatic heterocycles. The third-order valence-corrected chi connectivity index (χ3v) is 3.19. The van der Waals surface area contributed by atoms with E-state index in [1.165, 1.54) is 18.4 Å². The zero-order chi connectivity index (χ0) is 12.8. The Morgan fingerprint density at radius 2 is 2.00 bits per heavy atom. The molecule has 1 N–H and O–H groups in total. The van der Waals surface area contributed by atoms with Gasteiger partial charge in [0, 0.05) is 25.7 Å². The molecule has 0 radical (unpaired) electrons. The largest absolute Gasteiger partial charge is 0.494 e. The zero-order valence-corrected chi connectivity index (χ0v) is 11.5. The van der Waals surface area contributed by atoms with E-state index in [1.54, 1.807) is 0 Å². The number of benzene rings is 1. The number of hydrogen-bond donors (Lipinski definition) is 1. The van der Waals surface area contributed by atoms with Crippen molar-refractivity contribution in [1.82, 2.24) is 10.2 Å². The van der Waals surface area contributed by atoms with Crippen molar-refractivity contribution in [2.24, 2.45) is 0 Å². The van der Waals surface area contributed by atoms with Gasteiger partial charge in [-0.15, -0.1) is 0 Å². The van der Waals surface area contributed by atoms with Crippen LogP contribution in [0.1, 0.15) is 25.3 Å². The maximum Gasteiger partial charge on any atom is 0.119 e. The lowest BCUT2D eigenvalue weighted by Gasteiger charge is -2.17. The first kappa shape index (κ1) is 13.4. The molecular weight excluding hydrogens is 224 g/mol. The van der Waals surface area contributed by atoms with E-state index in [0.717, 1.165) is 38.0 Å². The molecule has 100 valence electrons. The second-order valence-corrected chi connectivity index (χ2v) is 5.04. The van der Waals surface area contributed by atoms with Crippen LogP contribution in [0.15, 0.2) is 24.3 Å². The molecule has 2 rings (SSSR count). The van der Waals surface area contributed by atoms with Gasteiger partial charge in [0.1, 0.15) is 5.75 Å². The average molecular weight is 248 g/mol. The molecule has 1 aliphatic rings. The van der Waals surface area contributed by atoms with E-state index < -0.39 is 0 Å². The van der Waals surface area contributed by atoms with Gasteiger partial charge in [-0.25, -0.2) is 0 Å². The smallest absolute Gasteiger partial charge is 0.119 e. The van der Waals surface area contributed by atoms with Gasteiger partial charge >= 0.3 is 0 Å². The molecule has 18 heavy (non-hydrogen) atoms. The Balaban J connectivity index is 1.69. The zero-order valence-electron chi connectivity index (χ0n) is 11.5. The quantitative estimate of drug-likeness (QED) is 0.764. The predicted octanol–water partition coefficient (Wildman–Crippen LogP) is 2.27. The topological polar surface area (TPSA) is 24.5 Å². The lowest BCUT2D eigenvalue weighted by molar-refractivity contribution is 0.322. The molecule has 1 saturated carbocycles. The van der Waals surface area contributed by atoms with Gasteiger partial charge in [-0.3, -0.25) is 0 Å². The van der Waals surface area contributed by atoms with Gasteiger partial charge in [0.25, 0.3) is 0 Å². The third kappa shape index (κ3) is 4.67. The van der Waals surface area contributed by atoms with E-state index in [1.807, 2.05) is 6.92 Å². The highest BCUT2D eigenvalue weighted by atomic mass is 16.5. The minimum atomic E-state index is 0.728. The fraction of sp³-hybridized carbons (Fsp3) is 0.600. The Labute approximate surface area is 110 Å². The van der Waals surface area contributed by atoms with Gasteiger partial charge in [-0.2, -0.15) is 0 Å². The van der Waals surface area contributed by atoms with Crippen LogP contribution in [0.4, 0.5) is 0 Å². The Morgan fingerprint density at radius 1 is 1.28 bits per heavy atom. The van der Waals surface area contributed by atoms with E-state index in [4.69, 9.17) is 4.74 Å². The van der Waals surface area contributed by atoms with Crippen LogP contribution in [-0.4, -0.2) is 37.7 Å². The van der Waals surface area contributed by atoms with Gasteiger partial charge in [0.15, 0.2) is 0 Å². The highest BCUT2D eigenvalue weighted by Crippen LogP contribution is 2.18. The van der Waals surface area contributed by atoms with Gasteiger partial charge < -0.3 is 15.0 Å². The second-order valence-electron chi connectivity index (χ2n) is 5.04. The summed E-state index contributed by atoms with van der Waals surface area (Å²) in [6.07, 6.45) is 2.73. The number of rotatable bonds is 8. The van der Waals surface area contributed by atoms with Crippen LogP contribution < -0.4 is 10.1 Å². The first-order valence-electron chi connectivity index (χ1n) is 6.91. The summed E-state index contributed by atoms with van der Waals surface area (Å²) in [7, 11) is 2.17. The molecule has 1 aromatic carbocycles. The fourth-order valence-electron chi connectivity index (χ4n) is 2.00. The summed E-state index contributed by atoms with van der Waals surface area (Å²) < 4.78 is 5.44. The highest BCUT2D eigenvalue weighted by molar-refractivity contribution is 5.27. The summed E-state index contributed by atoms with van der Waals surface area (Å²) in [5.41, 5.74) is 1.34. The van der Waals surface area contributed by atoms with Crippen molar-refractivity contribution in [2.45, 2.75) is 32.4 Å². The molecular formula is C15H24N2O. The molecule has 0 unspecified atom stereocenters. The van der Waals surface area contributed by atoms with Crippen LogP contribution in [0, 0.1) is 0 Å². The standard InChI is InChI=1S/C15H24N2O/c1-3-18-15-8-4-13(5-9-15)12-17(2)11-10-16-14-6-7-14/h4-5,8-9,14,16H,3,6-7,10-12H2,1-2H3. The maximum atomic E-state index is 5.44. The normalized spacial score (nSPS) is 15.1. The highest BCUT2D eigenvalue weighted by Gasteiger charge is 2.19. The van der Waals surface area contributed by atoms with Crippen LogP contribution in [0.2, 0.25) is 0 Å². The summed E-state index contributed by atoms with van der Waals surface area (Å²) >= 11 is 0. The minimum Gasteiger partial charge on any atom is -0.494 e. The lowest BCUT2D eigenvalue weighted by atomic mass is 10.2. The number of nitrogens with zero attached hydrogens (tertiary/aromatic N) is 1. The van der Waals surface area contributed by atoms with E-state index >= 15 is 0 Å². The molecule has 0 heterocycles. The first-order valence-corrected chi connectivity index (χ1v) is 6.91. The van der Waals surface area contributed by atoms with Crippen molar-refractivity contribution in [2.75, 3.05) is 26.7 Å². The number of nitrogens with one attached hydrogen (secondary N) is 1. The summed E-state index contributed by atoms with van der Waals surface area (Å²) in [6, 6.07) is 9.21. The number of ether oxygens (including phenoxy) is 1. The summed E-state index contributed by atoms with van der Waals surface area (Å²) in [5.74, 6) is 0.958. The first-order chi connectivity index (χ1) is 8.78. The molecule has 0 saturated heterocycles. The maximum absolute atomic E-state index is 5.44. The molecule has 0 spiro atoms. The van der Waals surface area contributed by atoms with Gasteiger partial charge in [-0.1, -0.05) is 12.1 Å². The Hall–Kier alpha value is -1.06. The molecule has 0 atom stereocenters. The molecule has 0 aromatic heterocycles.